The number of phenolic OH excluding ortho intramolecular Hbond substituents is 2. The Labute approximate surface area is 135 Å². The third-order valence-electron chi connectivity index (χ3n) is 4.49. The van der Waals surface area contributed by atoms with Crippen molar-refractivity contribution in [2.45, 2.75) is 38.0 Å². The molecular weight excluding hydrogens is 290 g/mol. The zero-order chi connectivity index (χ0) is 16.4. The lowest BCUT2D eigenvalue weighted by Crippen LogP contribution is -2.09. The Morgan fingerprint density at radius 3 is 2.48 bits per heavy atom. The molecule has 0 bridgehead atoms. The first-order valence-electron chi connectivity index (χ1n) is 7.83. The van der Waals surface area contributed by atoms with Crippen LogP contribution in [0.2, 0.25) is 0 Å². The second-order valence-electron chi connectivity index (χ2n) is 6.01. The molecule has 0 aliphatic heterocycles. The van der Waals surface area contributed by atoms with Crippen LogP contribution < -0.4 is 5.73 Å². The monoisotopic (exact) mass is 309 g/mol. The highest BCUT2D eigenvalue weighted by Crippen LogP contribution is 2.37. The molecule has 1 aromatic heterocycles. The number of aromatic nitrogens is 1. The van der Waals surface area contributed by atoms with Gasteiger partial charge in [0.2, 0.25) is 0 Å². The number of nitrogens with two attached hydrogens (primary N) is 1. The molecule has 1 aromatic carbocycles. The number of nitrogen functional groups attached to an aromatic ring is 1. The summed E-state index contributed by atoms with van der Waals surface area (Å²) in [6.45, 7) is 0. The highest BCUT2D eigenvalue weighted by Gasteiger charge is 2.21. The van der Waals surface area contributed by atoms with Gasteiger partial charge in [0.1, 0.15) is 17.5 Å². The Bertz CT molecular complexity index is 775. The lowest BCUT2D eigenvalue weighted by molar-refractivity contribution is 0.404. The molecule has 0 saturated heterocycles. The van der Waals surface area contributed by atoms with E-state index in [-0.39, 0.29) is 17.3 Å². The summed E-state index contributed by atoms with van der Waals surface area (Å²) < 4.78 is 0. The van der Waals surface area contributed by atoms with Crippen LogP contribution in [0.15, 0.2) is 24.3 Å². The maximum absolute atomic E-state index is 9.73. The van der Waals surface area contributed by atoms with E-state index in [0.29, 0.717) is 22.6 Å². The third-order valence-corrected chi connectivity index (χ3v) is 4.49. The highest BCUT2D eigenvalue weighted by molar-refractivity contribution is 5.77. The van der Waals surface area contributed by atoms with Crippen molar-refractivity contribution >= 4 is 5.82 Å². The van der Waals surface area contributed by atoms with Crippen LogP contribution >= 0.6 is 0 Å². The average molecular weight is 309 g/mol. The molecule has 0 radical (unpaired) electrons. The zero-order valence-corrected chi connectivity index (χ0v) is 12.8. The summed E-state index contributed by atoms with van der Waals surface area (Å²) in [4.78, 5) is 4.44. The van der Waals surface area contributed by atoms with Gasteiger partial charge in [-0.1, -0.05) is 25.3 Å². The van der Waals surface area contributed by atoms with Gasteiger partial charge in [-0.05, 0) is 36.6 Å². The maximum Gasteiger partial charge on any atom is 0.158 e. The first kappa shape index (κ1) is 15.2. The molecule has 1 fully saturated rings. The van der Waals surface area contributed by atoms with E-state index >= 15 is 0 Å². The van der Waals surface area contributed by atoms with Crippen LogP contribution in [0, 0.1) is 11.3 Å². The molecule has 23 heavy (non-hydrogen) atoms. The molecule has 0 amide bonds. The molecule has 0 spiro atoms. The number of nitrogens with zero attached hydrogens (tertiary/aromatic N) is 2. The van der Waals surface area contributed by atoms with Gasteiger partial charge in [0.15, 0.2) is 11.5 Å². The van der Waals surface area contributed by atoms with Gasteiger partial charge in [-0.25, -0.2) is 4.98 Å². The number of rotatable bonds is 2. The number of aromatic hydroxyl groups is 2. The first-order chi connectivity index (χ1) is 11.1. The lowest BCUT2D eigenvalue weighted by Gasteiger charge is -2.22. The van der Waals surface area contributed by atoms with E-state index in [1.165, 1.54) is 31.4 Å². The maximum atomic E-state index is 9.73. The Balaban J connectivity index is 2.11. The quantitative estimate of drug-likeness (QED) is 0.734. The summed E-state index contributed by atoms with van der Waals surface area (Å²) >= 11 is 0. The van der Waals surface area contributed by atoms with Gasteiger partial charge >= 0.3 is 0 Å². The summed E-state index contributed by atoms with van der Waals surface area (Å²) in [6.07, 6.45) is 5.78. The largest absolute Gasteiger partial charge is 0.504 e. The van der Waals surface area contributed by atoms with Crippen LogP contribution in [-0.4, -0.2) is 15.2 Å². The van der Waals surface area contributed by atoms with E-state index in [1.54, 1.807) is 6.07 Å². The second-order valence-corrected chi connectivity index (χ2v) is 6.01. The van der Waals surface area contributed by atoms with E-state index < -0.39 is 0 Å². The fourth-order valence-corrected chi connectivity index (χ4v) is 3.23. The molecule has 2 aromatic rings. The molecule has 0 atom stereocenters. The van der Waals surface area contributed by atoms with Crippen molar-refractivity contribution < 1.29 is 10.2 Å². The molecule has 1 aliphatic carbocycles. The average Bonchev–Trinajstić information content (AvgIpc) is 2.57. The second kappa shape index (κ2) is 6.17. The fraction of sp³-hybridized carbons (Fsp3) is 0.333. The minimum absolute atomic E-state index is 0.193. The summed E-state index contributed by atoms with van der Waals surface area (Å²) in [6, 6.07) is 8.50. The normalized spacial score (nSPS) is 15.3. The van der Waals surface area contributed by atoms with Gasteiger partial charge < -0.3 is 15.9 Å². The van der Waals surface area contributed by atoms with Crippen LogP contribution in [0.1, 0.15) is 49.3 Å². The van der Waals surface area contributed by atoms with Crippen LogP contribution in [0.4, 0.5) is 5.82 Å². The minimum atomic E-state index is -0.221. The van der Waals surface area contributed by atoms with Crippen molar-refractivity contribution in [1.29, 1.82) is 5.26 Å². The Morgan fingerprint density at radius 1 is 1.09 bits per heavy atom. The molecule has 1 saturated carbocycles. The molecule has 4 N–H and O–H groups in total. The van der Waals surface area contributed by atoms with E-state index in [4.69, 9.17) is 5.73 Å². The highest BCUT2D eigenvalue weighted by atomic mass is 16.3. The van der Waals surface area contributed by atoms with E-state index in [1.807, 2.05) is 6.07 Å². The van der Waals surface area contributed by atoms with Crippen LogP contribution in [0.3, 0.4) is 0 Å². The molecule has 5 heteroatoms. The van der Waals surface area contributed by atoms with E-state index in [9.17, 15) is 15.5 Å². The number of phenols is 2. The van der Waals surface area contributed by atoms with E-state index in [2.05, 4.69) is 11.1 Å². The van der Waals surface area contributed by atoms with Crippen molar-refractivity contribution in [2.75, 3.05) is 5.73 Å². The molecule has 0 unspecified atom stereocenters. The minimum Gasteiger partial charge on any atom is -0.504 e. The van der Waals surface area contributed by atoms with Gasteiger partial charge in [-0.3, -0.25) is 0 Å². The number of benzene rings is 1. The number of nitriles is 1. The number of hydrogen-bond acceptors (Lipinski definition) is 5. The lowest BCUT2D eigenvalue weighted by atomic mass is 9.85. The first-order valence-corrected chi connectivity index (χ1v) is 7.83. The standard InChI is InChI=1S/C18H19N3O2/c19-10-14-13(12-6-7-16(22)17(23)8-12)9-15(21-18(14)20)11-4-2-1-3-5-11/h6-9,11,22-23H,1-5H2,(H2,20,21). The van der Waals surface area contributed by atoms with Crippen LogP contribution in [0.5, 0.6) is 11.5 Å². The van der Waals surface area contributed by atoms with Crippen molar-refractivity contribution in [1.82, 2.24) is 4.98 Å². The third kappa shape index (κ3) is 2.93. The molecule has 3 rings (SSSR count). The van der Waals surface area contributed by atoms with Crippen molar-refractivity contribution in [3.8, 4) is 28.7 Å². The summed E-state index contributed by atoms with van der Waals surface area (Å²) in [5.41, 5.74) is 8.50. The van der Waals surface area contributed by atoms with Crippen LogP contribution in [0.25, 0.3) is 11.1 Å². The topological polar surface area (TPSA) is 103 Å². The summed E-state index contributed by atoms with van der Waals surface area (Å²) in [7, 11) is 0. The molecule has 1 heterocycles. The van der Waals surface area contributed by atoms with Gasteiger partial charge in [0.05, 0.1) is 0 Å². The predicted octanol–water partition coefficient (Wildman–Crippen LogP) is 3.66. The summed E-state index contributed by atoms with van der Waals surface area (Å²) in [5.74, 6) is 0.171. The van der Waals surface area contributed by atoms with Crippen molar-refractivity contribution in [3.05, 3.63) is 35.5 Å². The molecule has 1 aliphatic rings. The van der Waals surface area contributed by atoms with Gasteiger partial charge in [-0.2, -0.15) is 5.26 Å². The smallest absolute Gasteiger partial charge is 0.158 e. The fourth-order valence-electron chi connectivity index (χ4n) is 3.23. The summed E-state index contributed by atoms with van der Waals surface area (Å²) in [5, 5.41) is 28.6. The predicted molar refractivity (Wildman–Crippen MR) is 88.0 cm³/mol. The van der Waals surface area contributed by atoms with Gasteiger partial charge in [-0.15, -0.1) is 0 Å². The number of anilines is 1. The number of pyridine rings is 1. The molecule has 5 nitrogen and oxygen atoms in total. The van der Waals surface area contributed by atoms with Crippen molar-refractivity contribution in [2.24, 2.45) is 0 Å². The Hall–Kier alpha value is -2.74. The van der Waals surface area contributed by atoms with Gasteiger partial charge in [0, 0.05) is 17.2 Å². The van der Waals surface area contributed by atoms with Crippen molar-refractivity contribution in [3.63, 3.8) is 0 Å². The van der Waals surface area contributed by atoms with E-state index in [0.717, 1.165) is 18.5 Å². The van der Waals surface area contributed by atoms with Gasteiger partial charge in [0.25, 0.3) is 0 Å². The Kier molecular flexibility index (Phi) is 4.07. The van der Waals surface area contributed by atoms with Crippen LogP contribution in [-0.2, 0) is 0 Å². The Morgan fingerprint density at radius 2 is 1.83 bits per heavy atom. The number of hydrogen-bond donors (Lipinski definition) is 3. The molecular formula is C18H19N3O2. The molecule has 118 valence electrons. The SMILES string of the molecule is N#Cc1c(-c2ccc(O)c(O)c2)cc(C2CCCCC2)nc1N. The zero-order valence-electron chi connectivity index (χ0n) is 12.8.